The second-order valence-corrected chi connectivity index (χ2v) is 22.9. The first-order valence-corrected chi connectivity index (χ1v) is 29.1. The maximum absolute atomic E-state index is 14.4. The van der Waals surface area contributed by atoms with Gasteiger partial charge in [0.1, 0.15) is 30.5 Å². The number of carbonyl (C=O) groups is 1. The van der Waals surface area contributed by atoms with Crippen molar-refractivity contribution in [2.45, 2.75) is 287 Å². The third-order valence-corrected chi connectivity index (χ3v) is 15.7. The van der Waals surface area contributed by atoms with Gasteiger partial charge in [-0.2, -0.15) is 0 Å². The highest BCUT2D eigenvalue weighted by molar-refractivity contribution is 5.75. The summed E-state index contributed by atoms with van der Waals surface area (Å²) in [6, 6.07) is 0. The average Bonchev–Trinajstić information content (AvgIpc) is 3.63. The summed E-state index contributed by atoms with van der Waals surface area (Å²) in [7, 11) is 0. The van der Waals surface area contributed by atoms with Gasteiger partial charge in [-0.1, -0.05) is 77.5 Å². The first kappa shape index (κ1) is 70.7. The number of allylic oxidation sites excluding steroid dienone is 1. The fourth-order valence-electron chi connectivity index (χ4n) is 10.7. The second-order valence-electron chi connectivity index (χ2n) is 22.9. The van der Waals surface area contributed by atoms with Crippen LogP contribution in [0.5, 0.6) is 0 Å². The standard InChI is InChI=1S/C57H107N3O17/c1-7-8-9-10-21-45-51(71)35(3)24-25-40(63)19-13-18-39(62)20-14-22-46(68)36(4)28-49(75-56-53(73)52(72)50(33-61)76-56)48(70)32-44(67)31-43(66)30-42(65)29-41(64)17-12-11-16-34(2)27-37(5)54(77-55(45)74)38(6)47(69)23-15-26-60-57(58)59/h27-28,35,37-54,56,61-73H,7-26,29-33H2,1-6H3,(H4,58,59,60)/b34-27+,36-28+/t35?,37?,38?,39?,40?,41?,42?,43?,44?,45?,46?,47?,48?,49?,50-,51?,52-,53+,54?,56-/m1/s1. The smallest absolute Gasteiger partial charge is 0.311 e. The Morgan fingerprint density at radius 1 is 0.714 bits per heavy atom. The van der Waals surface area contributed by atoms with Crippen LogP contribution in [-0.2, 0) is 19.0 Å². The van der Waals surface area contributed by atoms with E-state index in [1.807, 2.05) is 33.8 Å². The van der Waals surface area contributed by atoms with E-state index in [0.717, 1.165) is 24.8 Å². The number of ether oxygens (including phenoxy) is 3. The molecule has 0 saturated carbocycles. The molecule has 2 aliphatic rings. The maximum Gasteiger partial charge on any atom is 0.311 e. The number of esters is 1. The number of unbranched alkanes of at least 4 members (excludes halogenated alkanes) is 3. The summed E-state index contributed by atoms with van der Waals surface area (Å²) in [4.78, 5) is 18.4. The van der Waals surface area contributed by atoms with Crippen LogP contribution in [0.25, 0.3) is 0 Å². The number of rotatable bonds is 14. The van der Waals surface area contributed by atoms with Gasteiger partial charge < -0.3 is 92.1 Å². The van der Waals surface area contributed by atoms with Crippen LogP contribution >= 0.6 is 0 Å². The number of hydrogen-bond acceptors (Lipinski definition) is 18. The highest BCUT2D eigenvalue weighted by Crippen LogP contribution is 2.32. The normalized spacial score (nSPS) is 38.0. The fraction of sp³-hybridized carbons (Fsp3) is 0.895. The van der Waals surface area contributed by atoms with Crippen molar-refractivity contribution < 1.29 is 85.4 Å². The molecule has 16 unspecified atom stereocenters. The van der Waals surface area contributed by atoms with Gasteiger partial charge in [0.25, 0.3) is 0 Å². The molecule has 1 fully saturated rings. The van der Waals surface area contributed by atoms with Crippen molar-refractivity contribution in [2.75, 3.05) is 13.2 Å². The van der Waals surface area contributed by atoms with Crippen molar-refractivity contribution >= 4 is 11.9 Å². The Morgan fingerprint density at radius 2 is 1.31 bits per heavy atom. The molecule has 0 aliphatic carbocycles. The molecule has 2 aliphatic heterocycles. The molecule has 0 aromatic carbocycles. The van der Waals surface area contributed by atoms with E-state index in [-0.39, 0.29) is 49.9 Å². The van der Waals surface area contributed by atoms with Gasteiger partial charge in [0, 0.05) is 24.8 Å². The first-order chi connectivity index (χ1) is 36.4. The number of aliphatic imine (C=N–C) groups is 1. The van der Waals surface area contributed by atoms with Crippen LogP contribution in [0.2, 0.25) is 0 Å². The molecule has 20 atom stereocenters. The summed E-state index contributed by atoms with van der Waals surface area (Å²) >= 11 is 0. The predicted octanol–water partition coefficient (Wildman–Crippen LogP) is 3.03. The fourth-order valence-corrected chi connectivity index (χ4v) is 10.7. The number of hydrogen-bond donors (Lipinski definition) is 15. The number of aliphatic hydroxyl groups excluding tert-OH is 13. The highest BCUT2D eigenvalue weighted by atomic mass is 16.7. The lowest BCUT2D eigenvalue weighted by molar-refractivity contribution is -0.202. The summed E-state index contributed by atoms with van der Waals surface area (Å²) in [6.07, 6.45) is -5.29. The van der Waals surface area contributed by atoms with Gasteiger partial charge in [0.15, 0.2) is 12.2 Å². The molecule has 1 saturated heterocycles. The van der Waals surface area contributed by atoms with Gasteiger partial charge in [-0.3, -0.25) is 9.79 Å². The zero-order valence-electron chi connectivity index (χ0n) is 47.4. The first-order valence-electron chi connectivity index (χ1n) is 29.1. The third kappa shape index (κ3) is 27.8. The lowest BCUT2D eigenvalue weighted by Gasteiger charge is -2.34. The van der Waals surface area contributed by atoms with E-state index in [2.05, 4.69) is 11.9 Å². The number of cyclic esters (lactones) is 1. The van der Waals surface area contributed by atoms with E-state index in [1.165, 1.54) is 6.08 Å². The Balaban J connectivity index is 2.37. The van der Waals surface area contributed by atoms with Crippen molar-refractivity contribution in [3.63, 3.8) is 0 Å². The second kappa shape index (κ2) is 38.3. The molecule has 17 N–H and O–H groups in total. The molecule has 2 rings (SSSR count). The maximum atomic E-state index is 14.4. The molecule has 0 aromatic heterocycles. The number of nitrogens with zero attached hydrogens (tertiary/aromatic N) is 1. The van der Waals surface area contributed by atoms with Crippen LogP contribution in [0.15, 0.2) is 28.3 Å². The predicted molar refractivity (Wildman–Crippen MR) is 294 cm³/mol. The monoisotopic (exact) mass is 1110 g/mol. The van der Waals surface area contributed by atoms with Crippen molar-refractivity contribution in [1.29, 1.82) is 0 Å². The van der Waals surface area contributed by atoms with Gasteiger partial charge in [-0.15, -0.1) is 0 Å². The average molecular weight is 1110 g/mol. The third-order valence-electron chi connectivity index (χ3n) is 15.7. The van der Waals surface area contributed by atoms with Gasteiger partial charge >= 0.3 is 5.97 Å². The molecule has 0 aromatic rings. The SMILES string of the molecule is CCCCCCC1C(=O)OC(C(C)C(O)CCCN=C(N)N)C(C)/C=C(\C)CCCCC(O)CC(O)CC(O)CC(O)CC(O)C(O[C@@H]2O[C@H](CO)[C@@H](O)[C@@H]2O)/C=C(\C)C(O)CCCC(O)CCCC(O)CCC(C)C1O. The Bertz CT molecular complexity index is 1670. The van der Waals surface area contributed by atoms with Crippen molar-refractivity contribution in [1.82, 2.24) is 0 Å². The van der Waals surface area contributed by atoms with Crippen molar-refractivity contribution in [3.05, 3.63) is 23.3 Å². The largest absolute Gasteiger partial charge is 0.461 e. The molecule has 20 heteroatoms. The number of guanidine groups is 1. The molecule has 77 heavy (non-hydrogen) atoms. The van der Waals surface area contributed by atoms with E-state index in [9.17, 15) is 71.2 Å². The van der Waals surface area contributed by atoms with Crippen molar-refractivity contribution in [2.24, 2.45) is 40.1 Å². The van der Waals surface area contributed by atoms with Gasteiger partial charge in [-0.25, -0.2) is 0 Å². The molecular formula is C57H107N3O17. The van der Waals surface area contributed by atoms with Gasteiger partial charge in [0.2, 0.25) is 0 Å². The van der Waals surface area contributed by atoms with E-state index in [1.54, 1.807) is 6.92 Å². The molecule has 0 amide bonds. The minimum atomic E-state index is -1.59. The highest BCUT2D eigenvalue weighted by Gasteiger charge is 2.45. The molecule has 0 bridgehead atoms. The molecule has 0 radical (unpaired) electrons. The zero-order chi connectivity index (χ0) is 57.8. The number of carbonyl (C=O) groups excluding carboxylic acids is 1. The van der Waals surface area contributed by atoms with E-state index < -0.39 is 122 Å². The van der Waals surface area contributed by atoms with Crippen LogP contribution in [0.4, 0.5) is 0 Å². The topological polar surface area (TPSA) is 372 Å². The lowest BCUT2D eigenvalue weighted by Crippen LogP contribution is -2.42. The summed E-state index contributed by atoms with van der Waals surface area (Å²) in [5, 5.41) is 142. The van der Waals surface area contributed by atoms with E-state index >= 15 is 0 Å². The number of nitrogens with two attached hydrogens (primary N) is 2. The Morgan fingerprint density at radius 3 is 1.92 bits per heavy atom. The summed E-state index contributed by atoms with van der Waals surface area (Å²) < 4.78 is 17.8. The molecule has 20 nitrogen and oxygen atoms in total. The summed E-state index contributed by atoms with van der Waals surface area (Å²) in [5.74, 6) is -2.63. The van der Waals surface area contributed by atoms with Gasteiger partial charge in [-0.05, 0) is 134 Å². The Hall–Kier alpha value is -2.38. The Kier molecular flexibility index (Phi) is 35.2. The molecule has 0 spiro atoms. The minimum absolute atomic E-state index is 0.0262. The van der Waals surface area contributed by atoms with Crippen molar-refractivity contribution in [3.8, 4) is 0 Å². The van der Waals surface area contributed by atoms with E-state index in [0.29, 0.717) is 108 Å². The molecule has 2 heterocycles. The number of aliphatic hydroxyl groups is 13. The molecule has 452 valence electrons. The molecular weight excluding hydrogens is 999 g/mol. The zero-order valence-corrected chi connectivity index (χ0v) is 47.4. The minimum Gasteiger partial charge on any atom is -0.461 e. The van der Waals surface area contributed by atoms with Crippen LogP contribution in [-0.4, -0.2) is 189 Å². The van der Waals surface area contributed by atoms with Crippen LogP contribution in [0.1, 0.15) is 189 Å². The van der Waals surface area contributed by atoms with Crippen LogP contribution in [0, 0.1) is 23.7 Å². The quantitative estimate of drug-likeness (QED) is 0.0391. The van der Waals surface area contributed by atoms with E-state index in [4.69, 9.17) is 25.7 Å². The summed E-state index contributed by atoms with van der Waals surface area (Å²) in [6.45, 7) is 11.0. The van der Waals surface area contributed by atoms with Crippen LogP contribution < -0.4 is 11.5 Å². The van der Waals surface area contributed by atoms with Gasteiger partial charge in [0.05, 0.1) is 73.6 Å². The van der Waals surface area contributed by atoms with Crippen LogP contribution in [0.3, 0.4) is 0 Å². The Labute approximate surface area is 459 Å². The lowest BCUT2D eigenvalue weighted by atomic mass is 9.83. The summed E-state index contributed by atoms with van der Waals surface area (Å²) in [5.41, 5.74) is 12.4.